The van der Waals surface area contributed by atoms with Crippen LogP contribution >= 0.6 is 11.6 Å². The average Bonchev–Trinajstić information content (AvgIpc) is 3.32. The number of rotatable bonds is 5. The van der Waals surface area contributed by atoms with Crippen LogP contribution in [0.2, 0.25) is 5.02 Å². The number of carbonyl (C=O) groups excluding carboxylic acids is 2. The maximum atomic E-state index is 12.8. The molecule has 1 aliphatic carbocycles. The number of benzene rings is 1. The zero-order valence-corrected chi connectivity index (χ0v) is 18.6. The van der Waals surface area contributed by atoms with E-state index in [0.29, 0.717) is 29.2 Å². The fraction of sp³-hybridized carbons (Fsp3) is 0.636. The van der Waals surface area contributed by atoms with Gasteiger partial charge in [-0.15, -0.1) is 13.2 Å². The Kier molecular flexibility index (Phi) is 6.16. The van der Waals surface area contributed by atoms with Gasteiger partial charge in [0.1, 0.15) is 5.75 Å². The summed E-state index contributed by atoms with van der Waals surface area (Å²) in [6.07, 6.45) is -6.88. The van der Waals surface area contributed by atoms with Gasteiger partial charge in [-0.2, -0.15) is 0 Å². The van der Waals surface area contributed by atoms with Gasteiger partial charge in [0.15, 0.2) is 6.10 Å². The summed E-state index contributed by atoms with van der Waals surface area (Å²) in [4.78, 5) is 25.4. The van der Waals surface area contributed by atoms with Crippen molar-refractivity contribution >= 4 is 23.4 Å². The second-order valence-electron chi connectivity index (χ2n) is 9.31. The first kappa shape index (κ1) is 23.7. The van der Waals surface area contributed by atoms with Gasteiger partial charge in [0, 0.05) is 23.0 Å². The Bertz CT molecular complexity index is 972. The summed E-state index contributed by atoms with van der Waals surface area (Å²) in [5.74, 6) is -0.623. The van der Waals surface area contributed by atoms with Crippen LogP contribution in [0, 0.1) is 5.92 Å². The molecule has 3 aliphatic heterocycles. The Labute approximate surface area is 198 Å². The summed E-state index contributed by atoms with van der Waals surface area (Å²) in [7, 11) is 0. The minimum atomic E-state index is -4.67. The highest BCUT2D eigenvalue weighted by atomic mass is 35.5. The van der Waals surface area contributed by atoms with Gasteiger partial charge in [0.25, 0.3) is 5.91 Å². The first-order chi connectivity index (χ1) is 16.1. The van der Waals surface area contributed by atoms with E-state index in [1.165, 1.54) is 0 Å². The lowest BCUT2D eigenvalue weighted by Gasteiger charge is -2.37. The summed E-state index contributed by atoms with van der Waals surface area (Å²) in [5.41, 5.74) is 0.538. The van der Waals surface area contributed by atoms with Gasteiger partial charge in [-0.3, -0.25) is 14.3 Å². The lowest BCUT2D eigenvalue weighted by Crippen LogP contribution is -2.53. The molecule has 5 rings (SSSR count). The quantitative estimate of drug-likeness (QED) is 0.568. The van der Waals surface area contributed by atoms with E-state index in [9.17, 15) is 27.9 Å². The molecular weight excluding hydrogens is 481 g/mol. The molecule has 4 aliphatic rings. The number of amides is 2. The van der Waals surface area contributed by atoms with Gasteiger partial charge in [0.2, 0.25) is 5.91 Å². The standard InChI is InChI=1S/C22H24ClF3N2O6/c23-9-1-2-16-12(3-9)15(29)8-19(32-16)21(31)28-14-7-17-13(6-18(14)33-17)20(30)27-10-4-11(5-10)34-22(24,25)26/h1-3,10-11,13-15,17-19,29H,4-8H2,(H,27,30)(H,28,31)/t10?,11?,13?,14?,15-,17?,18?,19-/m1/s1. The molecule has 2 amide bonds. The van der Waals surface area contributed by atoms with Crippen LogP contribution in [0.3, 0.4) is 0 Å². The number of nitrogens with one attached hydrogen (secondary N) is 2. The van der Waals surface area contributed by atoms with E-state index in [1.54, 1.807) is 18.2 Å². The van der Waals surface area contributed by atoms with Crippen LogP contribution in [0.1, 0.15) is 43.8 Å². The summed E-state index contributed by atoms with van der Waals surface area (Å²) in [6, 6.07) is 4.21. The second-order valence-corrected chi connectivity index (χ2v) is 9.75. The van der Waals surface area contributed by atoms with Gasteiger partial charge in [-0.05, 0) is 43.9 Å². The topological polar surface area (TPSA) is 106 Å². The van der Waals surface area contributed by atoms with Crippen molar-refractivity contribution < 1.29 is 42.1 Å². The summed E-state index contributed by atoms with van der Waals surface area (Å²) < 4.78 is 52.2. The van der Waals surface area contributed by atoms with E-state index in [-0.39, 0.29) is 55.4 Å². The van der Waals surface area contributed by atoms with E-state index >= 15 is 0 Å². The highest BCUT2D eigenvalue weighted by molar-refractivity contribution is 6.30. The molecule has 1 aromatic rings. The third-order valence-electron chi connectivity index (χ3n) is 6.96. The minimum Gasteiger partial charge on any atom is -0.480 e. The molecule has 0 spiro atoms. The van der Waals surface area contributed by atoms with Gasteiger partial charge >= 0.3 is 6.36 Å². The van der Waals surface area contributed by atoms with Crippen LogP contribution in [-0.2, 0) is 19.1 Å². The third-order valence-corrected chi connectivity index (χ3v) is 7.19. The molecule has 0 radical (unpaired) electrons. The average molecular weight is 505 g/mol. The molecule has 1 saturated carbocycles. The maximum absolute atomic E-state index is 12.8. The van der Waals surface area contributed by atoms with Crippen LogP contribution in [0.5, 0.6) is 5.75 Å². The van der Waals surface area contributed by atoms with Crippen molar-refractivity contribution in [2.24, 2.45) is 5.92 Å². The first-order valence-electron chi connectivity index (χ1n) is 11.2. The van der Waals surface area contributed by atoms with E-state index in [2.05, 4.69) is 15.4 Å². The number of aliphatic hydroxyl groups is 1. The molecule has 1 aromatic carbocycles. The molecule has 186 valence electrons. The van der Waals surface area contributed by atoms with E-state index in [1.807, 2.05) is 0 Å². The largest absolute Gasteiger partial charge is 0.522 e. The number of aliphatic hydroxyl groups excluding tert-OH is 1. The van der Waals surface area contributed by atoms with Crippen LogP contribution in [0.4, 0.5) is 13.2 Å². The predicted molar refractivity (Wildman–Crippen MR) is 111 cm³/mol. The molecule has 8 nitrogen and oxygen atoms in total. The maximum Gasteiger partial charge on any atom is 0.522 e. The lowest BCUT2D eigenvalue weighted by molar-refractivity contribution is -0.351. The zero-order valence-electron chi connectivity index (χ0n) is 17.9. The number of hydrogen-bond donors (Lipinski definition) is 3. The number of fused-ring (bicyclic) bond motifs is 3. The smallest absolute Gasteiger partial charge is 0.480 e. The van der Waals surface area contributed by atoms with Crippen molar-refractivity contribution in [2.45, 2.75) is 81.1 Å². The van der Waals surface area contributed by atoms with Crippen LogP contribution in [-0.4, -0.2) is 59.8 Å². The molecule has 2 saturated heterocycles. The molecular formula is C22H24ClF3N2O6. The summed E-state index contributed by atoms with van der Waals surface area (Å²) in [6.45, 7) is 0. The molecule has 3 heterocycles. The molecule has 6 atom stereocenters. The number of carbonyl (C=O) groups is 2. The molecule has 34 heavy (non-hydrogen) atoms. The number of alkyl halides is 3. The highest BCUT2D eigenvalue weighted by Crippen LogP contribution is 2.41. The van der Waals surface area contributed by atoms with Crippen LogP contribution < -0.4 is 15.4 Å². The fourth-order valence-electron chi connectivity index (χ4n) is 5.22. The Hall–Kier alpha value is -2.08. The molecule has 3 N–H and O–H groups in total. The summed E-state index contributed by atoms with van der Waals surface area (Å²) >= 11 is 5.96. The van der Waals surface area contributed by atoms with Gasteiger partial charge in [-0.1, -0.05) is 11.6 Å². The van der Waals surface area contributed by atoms with Gasteiger partial charge in [-0.25, -0.2) is 0 Å². The summed E-state index contributed by atoms with van der Waals surface area (Å²) in [5, 5.41) is 16.5. The minimum absolute atomic E-state index is 0.0896. The molecule has 2 bridgehead atoms. The van der Waals surface area contributed by atoms with Crippen molar-refractivity contribution in [2.75, 3.05) is 0 Å². The SMILES string of the molecule is O=C(NC1CC(OC(F)(F)F)C1)C1CC2OC1CC2NC(=O)[C@H]1C[C@@H](O)c2cc(Cl)ccc2O1. The van der Waals surface area contributed by atoms with Gasteiger partial charge in [0.05, 0.1) is 36.4 Å². The van der Waals surface area contributed by atoms with Crippen molar-refractivity contribution in [1.29, 1.82) is 0 Å². The van der Waals surface area contributed by atoms with E-state index in [4.69, 9.17) is 21.1 Å². The number of halogens is 4. The molecule has 0 aromatic heterocycles. The fourth-order valence-corrected chi connectivity index (χ4v) is 5.40. The van der Waals surface area contributed by atoms with Gasteiger partial charge < -0.3 is 25.2 Å². The van der Waals surface area contributed by atoms with Crippen molar-refractivity contribution in [1.82, 2.24) is 10.6 Å². The Balaban J connectivity index is 1.09. The Morgan fingerprint density at radius 2 is 1.82 bits per heavy atom. The van der Waals surface area contributed by atoms with Crippen LogP contribution in [0.15, 0.2) is 18.2 Å². The predicted octanol–water partition coefficient (Wildman–Crippen LogP) is 2.37. The Morgan fingerprint density at radius 3 is 2.50 bits per heavy atom. The lowest BCUT2D eigenvalue weighted by atomic mass is 9.83. The highest BCUT2D eigenvalue weighted by Gasteiger charge is 2.51. The van der Waals surface area contributed by atoms with Crippen molar-refractivity contribution in [3.05, 3.63) is 28.8 Å². The van der Waals surface area contributed by atoms with Crippen LogP contribution in [0.25, 0.3) is 0 Å². The normalized spacial score (nSPS) is 36.3. The van der Waals surface area contributed by atoms with Crippen molar-refractivity contribution in [3.63, 3.8) is 0 Å². The monoisotopic (exact) mass is 504 g/mol. The molecule has 3 fully saturated rings. The number of hydrogen-bond acceptors (Lipinski definition) is 6. The number of ether oxygens (including phenoxy) is 3. The molecule has 4 unspecified atom stereocenters. The Morgan fingerprint density at radius 1 is 1.06 bits per heavy atom. The van der Waals surface area contributed by atoms with Crippen molar-refractivity contribution in [3.8, 4) is 5.75 Å². The first-order valence-corrected chi connectivity index (χ1v) is 11.6. The zero-order chi connectivity index (χ0) is 24.2. The van der Waals surface area contributed by atoms with E-state index < -0.39 is 30.6 Å². The third kappa shape index (κ3) is 4.84. The van der Waals surface area contributed by atoms with E-state index in [0.717, 1.165) is 0 Å². The second kappa shape index (κ2) is 8.85. The molecule has 12 heteroatoms.